The van der Waals surface area contributed by atoms with Crippen LogP contribution in [0.5, 0.6) is 0 Å². The van der Waals surface area contributed by atoms with E-state index in [0.29, 0.717) is 0 Å². The fourth-order valence-corrected chi connectivity index (χ4v) is 2.09. The van der Waals surface area contributed by atoms with Crippen molar-refractivity contribution in [1.82, 2.24) is 20.2 Å². The summed E-state index contributed by atoms with van der Waals surface area (Å²) in [5.74, 6) is 1.66. The predicted molar refractivity (Wildman–Crippen MR) is 62.3 cm³/mol. The van der Waals surface area contributed by atoms with Gasteiger partial charge >= 0.3 is 0 Å². The molecule has 1 saturated heterocycles. The van der Waals surface area contributed by atoms with Crippen LogP contribution in [0, 0.1) is 5.92 Å². The number of nitrogens with one attached hydrogen (secondary N) is 1. The SMILES string of the molecule is CC1CCN(c2ncc3[nH]ncc3n2)CC1. The molecule has 1 fully saturated rings. The molecule has 0 radical (unpaired) electrons. The van der Waals surface area contributed by atoms with Crippen molar-refractivity contribution in [2.24, 2.45) is 5.92 Å². The summed E-state index contributed by atoms with van der Waals surface area (Å²) in [6.07, 6.45) is 6.01. The van der Waals surface area contributed by atoms with Gasteiger partial charge in [0.25, 0.3) is 0 Å². The number of nitrogens with zero attached hydrogens (tertiary/aromatic N) is 4. The first-order valence-electron chi connectivity index (χ1n) is 5.74. The second-order valence-corrected chi connectivity index (χ2v) is 4.51. The molecule has 2 aromatic heterocycles. The molecule has 0 atom stereocenters. The van der Waals surface area contributed by atoms with Crippen LogP contribution in [0.1, 0.15) is 19.8 Å². The molecule has 16 heavy (non-hydrogen) atoms. The quantitative estimate of drug-likeness (QED) is 0.788. The van der Waals surface area contributed by atoms with Crippen molar-refractivity contribution in [3.63, 3.8) is 0 Å². The topological polar surface area (TPSA) is 57.7 Å². The molecule has 0 amide bonds. The number of hydrogen-bond donors (Lipinski definition) is 1. The Balaban J connectivity index is 1.87. The predicted octanol–water partition coefficient (Wildman–Crippen LogP) is 1.59. The molecular formula is C11H15N5. The maximum Gasteiger partial charge on any atom is 0.226 e. The minimum Gasteiger partial charge on any atom is -0.341 e. The van der Waals surface area contributed by atoms with Crippen LogP contribution in [0.25, 0.3) is 11.0 Å². The van der Waals surface area contributed by atoms with Crippen molar-refractivity contribution in [2.45, 2.75) is 19.8 Å². The molecule has 0 saturated carbocycles. The lowest BCUT2D eigenvalue weighted by molar-refractivity contribution is 0.434. The summed E-state index contributed by atoms with van der Waals surface area (Å²) in [5.41, 5.74) is 1.79. The number of anilines is 1. The van der Waals surface area contributed by atoms with Crippen LogP contribution in [0.2, 0.25) is 0 Å². The normalized spacial score (nSPS) is 18.2. The summed E-state index contributed by atoms with van der Waals surface area (Å²) in [5, 5.41) is 6.82. The van der Waals surface area contributed by atoms with Crippen LogP contribution < -0.4 is 4.90 Å². The third-order valence-electron chi connectivity index (χ3n) is 3.24. The van der Waals surface area contributed by atoms with E-state index in [2.05, 4.69) is 32.0 Å². The first kappa shape index (κ1) is 9.57. The van der Waals surface area contributed by atoms with Crippen LogP contribution >= 0.6 is 0 Å². The monoisotopic (exact) mass is 217 g/mol. The summed E-state index contributed by atoms with van der Waals surface area (Å²) in [7, 11) is 0. The zero-order chi connectivity index (χ0) is 11.0. The lowest BCUT2D eigenvalue weighted by Crippen LogP contribution is -2.33. The number of aromatic amines is 1. The second kappa shape index (κ2) is 3.73. The minimum atomic E-state index is 0.828. The maximum atomic E-state index is 4.50. The van der Waals surface area contributed by atoms with E-state index in [1.165, 1.54) is 12.8 Å². The van der Waals surface area contributed by atoms with E-state index in [9.17, 15) is 0 Å². The minimum absolute atomic E-state index is 0.828. The number of rotatable bonds is 1. The molecule has 2 aromatic rings. The van der Waals surface area contributed by atoms with Crippen LogP contribution in [0.3, 0.4) is 0 Å². The summed E-state index contributed by atoms with van der Waals surface area (Å²) in [4.78, 5) is 11.1. The van der Waals surface area contributed by atoms with Crippen molar-refractivity contribution in [2.75, 3.05) is 18.0 Å². The van der Waals surface area contributed by atoms with Gasteiger partial charge in [-0.2, -0.15) is 5.10 Å². The van der Waals surface area contributed by atoms with E-state index in [0.717, 1.165) is 36.0 Å². The third kappa shape index (κ3) is 1.62. The van der Waals surface area contributed by atoms with Gasteiger partial charge in [0.05, 0.1) is 12.4 Å². The molecule has 3 rings (SSSR count). The Hall–Kier alpha value is -1.65. The molecular weight excluding hydrogens is 202 g/mol. The van der Waals surface area contributed by atoms with Gasteiger partial charge in [-0.25, -0.2) is 9.97 Å². The fraction of sp³-hybridized carbons (Fsp3) is 0.545. The van der Waals surface area contributed by atoms with Crippen molar-refractivity contribution < 1.29 is 0 Å². The van der Waals surface area contributed by atoms with Gasteiger partial charge in [0.15, 0.2) is 0 Å². The number of fused-ring (bicyclic) bond motifs is 1. The van der Waals surface area contributed by atoms with Gasteiger partial charge in [-0.3, -0.25) is 5.10 Å². The van der Waals surface area contributed by atoms with Gasteiger partial charge in [0.1, 0.15) is 11.0 Å². The Morgan fingerprint density at radius 3 is 2.94 bits per heavy atom. The van der Waals surface area contributed by atoms with Crippen molar-refractivity contribution in [3.05, 3.63) is 12.4 Å². The average Bonchev–Trinajstić information content (AvgIpc) is 2.77. The largest absolute Gasteiger partial charge is 0.341 e. The van der Waals surface area contributed by atoms with Gasteiger partial charge in [-0.05, 0) is 18.8 Å². The lowest BCUT2D eigenvalue weighted by Gasteiger charge is -2.30. The second-order valence-electron chi connectivity index (χ2n) is 4.51. The summed E-state index contributed by atoms with van der Waals surface area (Å²) < 4.78 is 0. The van der Waals surface area contributed by atoms with E-state index in [-0.39, 0.29) is 0 Å². The summed E-state index contributed by atoms with van der Waals surface area (Å²) >= 11 is 0. The standard InChI is InChI=1S/C11H15N5/c1-8-2-4-16(5-3-8)11-12-6-10-9(14-11)7-13-15-10/h6-8H,2-5H2,1H3,(H,13,15). The van der Waals surface area contributed by atoms with E-state index in [1.54, 1.807) is 6.20 Å². The summed E-state index contributed by atoms with van der Waals surface area (Å²) in [6.45, 7) is 4.42. The molecule has 0 spiro atoms. The molecule has 0 unspecified atom stereocenters. The fourth-order valence-electron chi connectivity index (χ4n) is 2.09. The van der Waals surface area contributed by atoms with Crippen LogP contribution in [-0.4, -0.2) is 33.3 Å². The Kier molecular flexibility index (Phi) is 2.23. The molecule has 84 valence electrons. The molecule has 5 heteroatoms. The molecule has 5 nitrogen and oxygen atoms in total. The molecule has 0 bridgehead atoms. The number of piperidine rings is 1. The highest BCUT2D eigenvalue weighted by atomic mass is 15.3. The Bertz CT molecular complexity index is 484. The first-order chi connectivity index (χ1) is 7.83. The third-order valence-corrected chi connectivity index (χ3v) is 3.24. The Morgan fingerprint density at radius 1 is 1.31 bits per heavy atom. The van der Waals surface area contributed by atoms with Crippen molar-refractivity contribution in [3.8, 4) is 0 Å². The highest BCUT2D eigenvalue weighted by molar-refractivity contribution is 5.73. The van der Waals surface area contributed by atoms with Gasteiger partial charge in [-0.1, -0.05) is 6.92 Å². The average molecular weight is 217 g/mol. The van der Waals surface area contributed by atoms with Crippen LogP contribution in [-0.2, 0) is 0 Å². The molecule has 1 aliphatic heterocycles. The van der Waals surface area contributed by atoms with Gasteiger partial charge in [0, 0.05) is 13.1 Å². The first-order valence-corrected chi connectivity index (χ1v) is 5.74. The van der Waals surface area contributed by atoms with Gasteiger partial charge < -0.3 is 4.90 Å². The van der Waals surface area contributed by atoms with E-state index in [1.807, 2.05) is 6.20 Å². The summed E-state index contributed by atoms with van der Waals surface area (Å²) in [6, 6.07) is 0. The number of hydrogen-bond acceptors (Lipinski definition) is 4. The Labute approximate surface area is 93.9 Å². The highest BCUT2D eigenvalue weighted by Gasteiger charge is 2.18. The van der Waals surface area contributed by atoms with Crippen LogP contribution in [0.4, 0.5) is 5.95 Å². The van der Waals surface area contributed by atoms with E-state index < -0.39 is 0 Å². The molecule has 3 heterocycles. The van der Waals surface area contributed by atoms with Gasteiger partial charge in [-0.15, -0.1) is 0 Å². The van der Waals surface area contributed by atoms with Crippen LogP contribution in [0.15, 0.2) is 12.4 Å². The molecule has 0 aliphatic carbocycles. The highest BCUT2D eigenvalue weighted by Crippen LogP contribution is 2.20. The van der Waals surface area contributed by atoms with Crippen molar-refractivity contribution >= 4 is 17.0 Å². The number of H-pyrrole nitrogens is 1. The molecule has 1 aliphatic rings. The number of aromatic nitrogens is 4. The van der Waals surface area contributed by atoms with Crippen molar-refractivity contribution in [1.29, 1.82) is 0 Å². The molecule has 0 aromatic carbocycles. The zero-order valence-electron chi connectivity index (χ0n) is 9.35. The smallest absolute Gasteiger partial charge is 0.226 e. The lowest BCUT2D eigenvalue weighted by atomic mass is 10.00. The molecule has 1 N–H and O–H groups in total. The maximum absolute atomic E-state index is 4.50. The van der Waals surface area contributed by atoms with E-state index in [4.69, 9.17) is 0 Å². The van der Waals surface area contributed by atoms with Gasteiger partial charge in [0.2, 0.25) is 5.95 Å². The zero-order valence-corrected chi connectivity index (χ0v) is 9.35. The van der Waals surface area contributed by atoms with E-state index >= 15 is 0 Å². The Morgan fingerprint density at radius 2 is 2.12 bits per heavy atom.